The third kappa shape index (κ3) is 5.15. The molecule has 1 unspecified atom stereocenters. The summed E-state index contributed by atoms with van der Waals surface area (Å²) in [6, 6.07) is 10.7. The Morgan fingerprint density at radius 1 is 1.26 bits per heavy atom. The highest BCUT2D eigenvalue weighted by Gasteiger charge is 2.36. The average molecular weight is 501 g/mol. The third-order valence-electron chi connectivity index (χ3n) is 6.03. The number of amides is 2. The number of furan rings is 1. The Morgan fingerprint density at radius 3 is 2.74 bits per heavy atom. The molecule has 0 spiro atoms. The van der Waals surface area contributed by atoms with E-state index >= 15 is 0 Å². The molecule has 0 saturated heterocycles. The number of rotatable bonds is 6. The predicted molar refractivity (Wildman–Crippen MR) is 134 cm³/mol. The molecule has 3 aromatic rings. The quantitative estimate of drug-likeness (QED) is 0.432. The minimum absolute atomic E-state index is 0.0426. The number of hydrogen-bond acceptors (Lipinski definition) is 5. The molecule has 1 atom stereocenters. The molecule has 8 heteroatoms. The molecule has 1 aliphatic heterocycles. The Kier molecular flexibility index (Phi) is 7.05. The zero-order valence-electron chi connectivity index (χ0n) is 19.8. The van der Waals surface area contributed by atoms with E-state index < -0.39 is 5.54 Å². The second-order valence-electron chi connectivity index (χ2n) is 9.41. The minimum atomic E-state index is -0.560. The first kappa shape index (κ1) is 24.4. The smallest absolute Gasteiger partial charge is 0.290 e. The van der Waals surface area contributed by atoms with E-state index in [0.717, 1.165) is 17.5 Å². The van der Waals surface area contributed by atoms with Gasteiger partial charge in [0, 0.05) is 22.0 Å². The van der Waals surface area contributed by atoms with Crippen LogP contribution in [-0.4, -0.2) is 46.8 Å². The summed E-state index contributed by atoms with van der Waals surface area (Å²) in [5.41, 5.74) is 1.48. The van der Waals surface area contributed by atoms with Crippen molar-refractivity contribution in [2.24, 2.45) is 0 Å². The minimum Gasteiger partial charge on any atom is -0.491 e. The maximum atomic E-state index is 13.6. The number of benzene rings is 1. The fourth-order valence-corrected chi connectivity index (χ4v) is 5.18. The zero-order valence-corrected chi connectivity index (χ0v) is 21.4. The second-order valence-corrected chi connectivity index (χ2v) is 10.8. The molecule has 0 bridgehead atoms. The molecule has 6 nitrogen and oxygen atoms in total. The van der Waals surface area contributed by atoms with Gasteiger partial charge in [0.15, 0.2) is 5.76 Å². The maximum Gasteiger partial charge on any atom is 0.290 e. The van der Waals surface area contributed by atoms with E-state index in [4.69, 9.17) is 20.8 Å². The van der Waals surface area contributed by atoms with E-state index in [9.17, 15) is 9.59 Å². The Bertz CT molecular complexity index is 1170. The number of carbonyl (C=O) groups is 2. The number of thiophene rings is 1. The van der Waals surface area contributed by atoms with Crippen LogP contribution in [0.4, 0.5) is 0 Å². The summed E-state index contributed by atoms with van der Waals surface area (Å²) in [6.45, 7) is 8.53. The van der Waals surface area contributed by atoms with Crippen LogP contribution in [0.15, 0.2) is 52.5 Å². The molecule has 180 valence electrons. The van der Waals surface area contributed by atoms with Gasteiger partial charge in [-0.3, -0.25) is 9.59 Å². The van der Waals surface area contributed by atoms with Crippen LogP contribution in [0.5, 0.6) is 5.75 Å². The highest BCUT2D eigenvalue weighted by Crippen LogP contribution is 2.34. The first-order chi connectivity index (χ1) is 16.1. The van der Waals surface area contributed by atoms with Crippen LogP contribution in [0.1, 0.15) is 53.4 Å². The van der Waals surface area contributed by atoms with Gasteiger partial charge in [-0.1, -0.05) is 11.6 Å². The van der Waals surface area contributed by atoms with Crippen molar-refractivity contribution in [3.05, 3.63) is 74.8 Å². The van der Waals surface area contributed by atoms with Gasteiger partial charge in [0.05, 0.1) is 12.3 Å². The highest BCUT2D eigenvalue weighted by molar-refractivity contribution is 7.10. The van der Waals surface area contributed by atoms with Crippen molar-refractivity contribution in [3.8, 4) is 5.75 Å². The number of hydrogen-bond donors (Lipinski definition) is 0. The van der Waals surface area contributed by atoms with Crippen molar-refractivity contribution in [1.82, 2.24) is 9.80 Å². The van der Waals surface area contributed by atoms with Gasteiger partial charge in [-0.2, -0.15) is 0 Å². The standard InChI is InChI=1S/C26H29ClN2O4S/c1-17-14-18(7-8-20(17)27)33-16-21-19-10-13-34-23(19)9-11-28(21)24(30)15-29(26(2,3)4)25(31)22-6-5-12-32-22/h5-8,10,12-14,21H,9,11,15-16H2,1-4H3. The lowest BCUT2D eigenvalue weighted by molar-refractivity contribution is -0.136. The highest BCUT2D eigenvalue weighted by atomic mass is 35.5. The largest absolute Gasteiger partial charge is 0.491 e. The molecule has 0 aliphatic carbocycles. The number of aryl methyl sites for hydroxylation is 1. The molecule has 0 fully saturated rings. The Labute approximate surface area is 209 Å². The lowest BCUT2D eigenvalue weighted by atomic mass is 9.99. The van der Waals surface area contributed by atoms with E-state index in [1.807, 2.05) is 50.8 Å². The van der Waals surface area contributed by atoms with Gasteiger partial charge in [0.25, 0.3) is 5.91 Å². The SMILES string of the molecule is Cc1cc(OCC2c3ccsc3CCN2C(=O)CN(C(=O)c2ccco2)C(C)(C)C)ccc1Cl. The van der Waals surface area contributed by atoms with Crippen molar-refractivity contribution < 1.29 is 18.7 Å². The van der Waals surface area contributed by atoms with Crippen molar-refractivity contribution in [2.75, 3.05) is 19.7 Å². The number of halogens is 1. The number of fused-ring (bicyclic) bond motifs is 1. The summed E-state index contributed by atoms with van der Waals surface area (Å²) in [5, 5.41) is 2.74. The fourth-order valence-electron chi connectivity index (χ4n) is 4.13. The lowest BCUT2D eigenvalue weighted by Gasteiger charge is -2.40. The molecule has 0 saturated carbocycles. The summed E-state index contributed by atoms with van der Waals surface area (Å²) in [4.78, 5) is 31.4. The Hall–Kier alpha value is -2.77. The molecule has 3 heterocycles. The van der Waals surface area contributed by atoms with Crippen LogP contribution in [-0.2, 0) is 11.2 Å². The van der Waals surface area contributed by atoms with Gasteiger partial charge in [-0.05, 0) is 87.0 Å². The molecule has 0 N–H and O–H groups in total. The summed E-state index contributed by atoms with van der Waals surface area (Å²) >= 11 is 7.85. The molecular formula is C26H29ClN2O4S. The molecular weight excluding hydrogens is 472 g/mol. The molecule has 2 aromatic heterocycles. The van der Waals surface area contributed by atoms with Crippen molar-refractivity contribution in [2.45, 2.75) is 45.7 Å². The molecule has 4 rings (SSSR count). The lowest BCUT2D eigenvalue weighted by Crippen LogP contribution is -2.53. The summed E-state index contributed by atoms with van der Waals surface area (Å²) < 4.78 is 11.4. The molecule has 1 aliphatic rings. The van der Waals surface area contributed by atoms with Crippen molar-refractivity contribution in [3.63, 3.8) is 0 Å². The van der Waals surface area contributed by atoms with Gasteiger partial charge < -0.3 is 19.0 Å². The van der Waals surface area contributed by atoms with Crippen LogP contribution in [0, 0.1) is 6.92 Å². The number of nitrogens with zero attached hydrogens (tertiary/aromatic N) is 2. The predicted octanol–water partition coefficient (Wildman–Crippen LogP) is 5.75. The van der Waals surface area contributed by atoms with E-state index in [-0.39, 0.29) is 30.2 Å². The molecule has 34 heavy (non-hydrogen) atoms. The van der Waals surface area contributed by atoms with Crippen molar-refractivity contribution in [1.29, 1.82) is 0 Å². The van der Waals surface area contributed by atoms with E-state index in [2.05, 4.69) is 11.4 Å². The van der Waals surface area contributed by atoms with Gasteiger partial charge in [-0.15, -0.1) is 11.3 Å². The molecule has 1 aromatic carbocycles. The van der Waals surface area contributed by atoms with Crippen LogP contribution in [0.25, 0.3) is 0 Å². The summed E-state index contributed by atoms with van der Waals surface area (Å²) in [7, 11) is 0. The van der Waals surface area contributed by atoms with Gasteiger partial charge in [0.1, 0.15) is 18.9 Å². The van der Waals surface area contributed by atoms with E-state index in [0.29, 0.717) is 23.9 Å². The average Bonchev–Trinajstić information content (AvgIpc) is 3.48. The van der Waals surface area contributed by atoms with Gasteiger partial charge in [-0.25, -0.2) is 0 Å². The van der Waals surface area contributed by atoms with Crippen molar-refractivity contribution >= 4 is 34.8 Å². The fraction of sp³-hybridized carbons (Fsp3) is 0.385. The topological polar surface area (TPSA) is 63.0 Å². The monoisotopic (exact) mass is 500 g/mol. The van der Waals surface area contributed by atoms with Crippen LogP contribution < -0.4 is 4.74 Å². The maximum absolute atomic E-state index is 13.6. The summed E-state index contributed by atoms with van der Waals surface area (Å²) in [6.07, 6.45) is 2.25. The first-order valence-electron chi connectivity index (χ1n) is 11.3. The third-order valence-corrected chi connectivity index (χ3v) is 7.45. The normalized spacial score (nSPS) is 15.7. The second kappa shape index (κ2) is 9.84. The van der Waals surface area contributed by atoms with Crippen LogP contribution >= 0.6 is 22.9 Å². The molecule has 2 amide bonds. The number of ether oxygens (including phenoxy) is 1. The Morgan fingerprint density at radius 2 is 2.06 bits per heavy atom. The van der Waals surface area contributed by atoms with Gasteiger partial charge >= 0.3 is 0 Å². The zero-order chi connectivity index (χ0) is 24.5. The Balaban J connectivity index is 1.55. The van der Waals surface area contributed by atoms with Crippen LogP contribution in [0.3, 0.4) is 0 Å². The number of carbonyl (C=O) groups excluding carboxylic acids is 2. The van der Waals surface area contributed by atoms with E-state index in [1.165, 1.54) is 11.1 Å². The van der Waals surface area contributed by atoms with Crippen LogP contribution in [0.2, 0.25) is 5.02 Å². The van der Waals surface area contributed by atoms with Gasteiger partial charge in [0.2, 0.25) is 5.91 Å². The first-order valence-corrected chi connectivity index (χ1v) is 12.5. The van der Waals surface area contributed by atoms with E-state index in [1.54, 1.807) is 28.4 Å². The molecule has 0 radical (unpaired) electrons. The summed E-state index contributed by atoms with van der Waals surface area (Å²) in [5.74, 6) is 0.511.